The fraction of sp³-hybridized carbons (Fsp3) is 1.00. The maximum absolute atomic E-state index is 11.2. The van der Waals surface area contributed by atoms with Gasteiger partial charge in [0.2, 0.25) is 0 Å². The van der Waals surface area contributed by atoms with E-state index in [-0.39, 0.29) is 11.5 Å². The van der Waals surface area contributed by atoms with Crippen molar-refractivity contribution >= 4 is 22.6 Å². The van der Waals surface area contributed by atoms with E-state index in [4.69, 9.17) is 4.74 Å². The second-order valence-electron chi connectivity index (χ2n) is 10.6. The minimum absolute atomic E-state index is 0.0499. The number of hydrogen-bond donors (Lipinski definition) is 1. The summed E-state index contributed by atoms with van der Waals surface area (Å²) >= 11 is 2.49. The van der Waals surface area contributed by atoms with Crippen LogP contribution in [0.2, 0.25) is 0 Å². The number of aliphatic hydroxyl groups is 1. The van der Waals surface area contributed by atoms with Gasteiger partial charge in [0.25, 0.3) is 0 Å². The van der Waals surface area contributed by atoms with Crippen LogP contribution >= 0.6 is 22.6 Å². The maximum atomic E-state index is 11.2. The van der Waals surface area contributed by atoms with Gasteiger partial charge in [-0.1, -0.05) is 36.4 Å². The Balaban J connectivity index is 1.54. The van der Waals surface area contributed by atoms with Crippen LogP contribution in [0.1, 0.15) is 78.1 Å². The highest BCUT2D eigenvalue weighted by atomic mass is 127. The van der Waals surface area contributed by atoms with Crippen molar-refractivity contribution in [2.45, 2.75) is 90.3 Å². The molecule has 26 heavy (non-hydrogen) atoms. The molecule has 0 heterocycles. The first kappa shape index (κ1) is 19.9. The van der Waals surface area contributed by atoms with E-state index in [9.17, 15) is 5.11 Å². The molecule has 0 amide bonds. The Morgan fingerprint density at radius 3 is 2.50 bits per heavy atom. The average Bonchev–Trinajstić information content (AvgIpc) is 2.90. The summed E-state index contributed by atoms with van der Waals surface area (Å²) in [5.74, 6) is 3.97. The normalized spacial score (nSPS) is 53.7. The van der Waals surface area contributed by atoms with E-state index < -0.39 is 0 Å². The highest BCUT2D eigenvalue weighted by Gasteiger charge is 2.61. The molecule has 4 fully saturated rings. The zero-order chi connectivity index (χ0) is 18.5. The van der Waals surface area contributed by atoms with Crippen molar-refractivity contribution in [1.82, 2.24) is 0 Å². The second-order valence-corrected chi connectivity index (χ2v) is 11.7. The Kier molecular flexibility index (Phi) is 5.74. The molecule has 3 heteroatoms. The lowest BCUT2D eigenvalue weighted by atomic mass is 9.45. The van der Waals surface area contributed by atoms with E-state index in [1.54, 1.807) is 0 Å². The molecule has 0 spiro atoms. The first-order valence-electron chi connectivity index (χ1n) is 11.2. The van der Waals surface area contributed by atoms with Crippen LogP contribution in [0.5, 0.6) is 0 Å². The zero-order valence-electron chi connectivity index (χ0n) is 17.1. The molecule has 9 atom stereocenters. The van der Waals surface area contributed by atoms with Gasteiger partial charge >= 0.3 is 0 Å². The number of methoxy groups -OCH3 is 1. The molecular weight excluding hydrogens is 435 g/mol. The number of halogens is 1. The van der Waals surface area contributed by atoms with Crippen molar-refractivity contribution in [2.24, 2.45) is 40.4 Å². The van der Waals surface area contributed by atoms with E-state index in [0.717, 1.165) is 23.7 Å². The monoisotopic (exact) mass is 474 g/mol. The standard InChI is InChI=1S/C23H39IO2/c1-22-10-8-17(26-3)14-16(22)6-7-18-19(22)9-11-23(2)20(18)13-15(21(23)25)5-4-12-24/h15-21,25H,4-14H2,1-3H3/t15-,16+,17-,18-,19+,20+,21+,22+,23+/m1/s1. The molecule has 0 aromatic carbocycles. The summed E-state index contributed by atoms with van der Waals surface area (Å²) in [5, 5.41) is 11.2. The van der Waals surface area contributed by atoms with Crippen LogP contribution in [0.25, 0.3) is 0 Å². The van der Waals surface area contributed by atoms with Gasteiger partial charge in [-0.05, 0) is 109 Å². The van der Waals surface area contributed by atoms with Crippen LogP contribution in [0.4, 0.5) is 0 Å². The summed E-state index contributed by atoms with van der Waals surface area (Å²) in [6.07, 6.45) is 13.6. The first-order chi connectivity index (χ1) is 12.4. The molecule has 150 valence electrons. The summed E-state index contributed by atoms with van der Waals surface area (Å²) in [5.41, 5.74) is 0.731. The molecule has 0 unspecified atom stereocenters. The largest absolute Gasteiger partial charge is 0.392 e. The van der Waals surface area contributed by atoms with E-state index in [1.165, 1.54) is 68.6 Å². The summed E-state index contributed by atoms with van der Waals surface area (Å²) in [6.45, 7) is 5.07. The van der Waals surface area contributed by atoms with Gasteiger partial charge in [0.1, 0.15) is 0 Å². The van der Waals surface area contributed by atoms with Gasteiger partial charge in [-0.15, -0.1) is 0 Å². The van der Waals surface area contributed by atoms with Gasteiger partial charge in [-0.2, -0.15) is 0 Å². The van der Waals surface area contributed by atoms with Gasteiger partial charge in [0, 0.05) is 7.11 Å². The molecule has 4 aliphatic carbocycles. The van der Waals surface area contributed by atoms with Gasteiger partial charge in [0.15, 0.2) is 0 Å². The van der Waals surface area contributed by atoms with Crippen LogP contribution in [0.15, 0.2) is 0 Å². The minimum atomic E-state index is -0.0499. The molecule has 0 bridgehead atoms. The van der Waals surface area contributed by atoms with E-state index in [0.29, 0.717) is 17.4 Å². The van der Waals surface area contributed by atoms with E-state index in [2.05, 4.69) is 36.4 Å². The predicted molar refractivity (Wildman–Crippen MR) is 116 cm³/mol. The Morgan fingerprint density at radius 1 is 1.00 bits per heavy atom. The van der Waals surface area contributed by atoms with E-state index in [1.807, 2.05) is 7.11 Å². The lowest BCUT2D eigenvalue weighted by molar-refractivity contribution is -0.137. The molecule has 0 saturated heterocycles. The van der Waals surface area contributed by atoms with Crippen LogP contribution < -0.4 is 0 Å². The van der Waals surface area contributed by atoms with Crippen LogP contribution in [0, 0.1) is 40.4 Å². The summed E-state index contributed by atoms with van der Waals surface area (Å²) < 4.78 is 6.97. The smallest absolute Gasteiger partial charge is 0.0624 e. The number of rotatable bonds is 4. The molecule has 0 radical (unpaired) electrons. The van der Waals surface area contributed by atoms with Crippen molar-refractivity contribution in [3.05, 3.63) is 0 Å². The van der Waals surface area contributed by atoms with Crippen molar-refractivity contribution in [1.29, 1.82) is 0 Å². The fourth-order valence-electron chi connectivity index (χ4n) is 8.20. The molecule has 0 aromatic rings. The lowest BCUT2D eigenvalue weighted by Gasteiger charge is -2.60. The summed E-state index contributed by atoms with van der Waals surface area (Å²) in [4.78, 5) is 0. The highest BCUT2D eigenvalue weighted by Crippen LogP contribution is 2.67. The third-order valence-electron chi connectivity index (χ3n) is 9.78. The molecule has 0 aromatic heterocycles. The zero-order valence-corrected chi connectivity index (χ0v) is 19.2. The van der Waals surface area contributed by atoms with Gasteiger partial charge < -0.3 is 9.84 Å². The molecule has 1 N–H and O–H groups in total. The SMILES string of the molecule is CO[C@@H]1CC[C@@]2(C)[C@@H](CC[C@@H]3[C@@H]2CC[C@]2(C)[C@@H](O)[C@H](CCCI)C[C@@H]32)C1. The average molecular weight is 474 g/mol. The molecule has 2 nitrogen and oxygen atoms in total. The Bertz CT molecular complexity index is 508. The first-order valence-corrected chi connectivity index (χ1v) is 12.7. The van der Waals surface area contributed by atoms with Crippen molar-refractivity contribution < 1.29 is 9.84 Å². The summed E-state index contributed by atoms with van der Waals surface area (Å²) in [6, 6.07) is 0. The van der Waals surface area contributed by atoms with E-state index >= 15 is 0 Å². The van der Waals surface area contributed by atoms with Gasteiger partial charge in [0.05, 0.1) is 12.2 Å². The minimum Gasteiger partial charge on any atom is -0.392 e. The lowest BCUT2D eigenvalue weighted by Crippen LogP contribution is -2.54. The number of alkyl halides is 1. The van der Waals surface area contributed by atoms with Crippen molar-refractivity contribution in [2.75, 3.05) is 11.5 Å². The number of hydrogen-bond acceptors (Lipinski definition) is 2. The third kappa shape index (κ3) is 3.01. The molecule has 0 aliphatic heterocycles. The third-order valence-corrected chi connectivity index (χ3v) is 10.5. The van der Waals surface area contributed by atoms with Crippen LogP contribution in [-0.2, 0) is 4.74 Å². The Hall–Kier alpha value is 0.650. The fourth-order valence-corrected chi connectivity index (χ4v) is 8.64. The van der Waals surface area contributed by atoms with Crippen LogP contribution in [0.3, 0.4) is 0 Å². The summed E-state index contributed by atoms with van der Waals surface area (Å²) in [7, 11) is 1.90. The number of aliphatic hydroxyl groups excluding tert-OH is 1. The van der Waals surface area contributed by atoms with Gasteiger partial charge in [-0.25, -0.2) is 0 Å². The van der Waals surface area contributed by atoms with Crippen LogP contribution in [-0.4, -0.2) is 28.9 Å². The Morgan fingerprint density at radius 2 is 1.77 bits per heavy atom. The molecular formula is C23H39IO2. The Labute approximate surface area is 174 Å². The van der Waals surface area contributed by atoms with Crippen molar-refractivity contribution in [3.63, 3.8) is 0 Å². The van der Waals surface area contributed by atoms with Gasteiger partial charge in [-0.3, -0.25) is 0 Å². The highest BCUT2D eigenvalue weighted by molar-refractivity contribution is 14.1. The quantitative estimate of drug-likeness (QED) is 0.410. The predicted octanol–water partition coefficient (Wildman–Crippen LogP) is 5.85. The molecule has 4 saturated carbocycles. The molecule has 4 rings (SSSR count). The topological polar surface area (TPSA) is 29.5 Å². The molecule has 4 aliphatic rings. The maximum Gasteiger partial charge on any atom is 0.0624 e. The van der Waals surface area contributed by atoms with Crippen molar-refractivity contribution in [3.8, 4) is 0 Å². The number of fused-ring (bicyclic) bond motifs is 5. The second kappa shape index (κ2) is 7.48. The number of ether oxygens (including phenoxy) is 1.